The van der Waals surface area contributed by atoms with Crippen LogP contribution >= 0.6 is 0 Å². The molecule has 0 aliphatic rings. The molecule has 1 atom stereocenters. The summed E-state index contributed by atoms with van der Waals surface area (Å²) in [7, 11) is 3.38. The fraction of sp³-hybridized carbons (Fsp3) is 1.00. The lowest BCUT2D eigenvalue weighted by atomic mass is 10.4. The second-order valence-corrected chi connectivity index (χ2v) is 3.68. The van der Waals surface area contributed by atoms with Crippen molar-refractivity contribution < 1.29 is 17.4 Å². The van der Waals surface area contributed by atoms with Gasteiger partial charge in [-0.1, -0.05) is 0 Å². The van der Waals surface area contributed by atoms with E-state index in [9.17, 15) is 0 Å². The van der Waals surface area contributed by atoms with Crippen molar-refractivity contribution >= 4 is 11.4 Å². The van der Waals surface area contributed by atoms with Gasteiger partial charge in [-0.3, -0.25) is 0 Å². The first-order chi connectivity index (χ1) is 5.95. The van der Waals surface area contributed by atoms with Gasteiger partial charge in [-0.25, -0.2) is 4.21 Å². The number of hydrogen-bond donors (Lipinski definition) is 0. The lowest BCUT2D eigenvalue weighted by Crippen LogP contribution is -2.42. The van der Waals surface area contributed by atoms with E-state index in [1.54, 1.807) is 0 Å². The van der Waals surface area contributed by atoms with Crippen molar-refractivity contribution in [2.75, 3.05) is 33.8 Å². The van der Waals surface area contributed by atoms with E-state index in [-0.39, 0.29) is 0 Å². The maximum Gasteiger partial charge on any atom is 0.0839 e. The van der Waals surface area contributed by atoms with Crippen molar-refractivity contribution in [3.05, 3.63) is 0 Å². The summed E-state index contributed by atoms with van der Waals surface area (Å²) in [5.74, 6) is 0. The fourth-order valence-corrected chi connectivity index (χ4v) is 0.671. The van der Waals surface area contributed by atoms with Gasteiger partial charge in [-0.05, 0) is 20.8 Å². The molecule has 0 N–H and O–H groups in total. The van der Waals surface area contributed by atoms with Crippen molar-refractivity contribution in [3.8, 4) is 0 Å². The number of quaternary nitrogens is 1. The minimum absolute atomic E-state index is 1.09. The highest BCUT2D eigenvalue weighted by Crippen LogP contribution is 1.97. The molecule has 0 bridgehead atoms. The van der Waals surface area contributed by atoms with Gasteiger partial charge in [0.25, 0.3) is 0 Å². The summed E-state index contributed by atoms with van der Waals surface area (Å²) in [5.41, 5.74) is 0. The van der Waals surface area contributed by atoms with Gasteiger partial charge in [0.15, 0.2) is 0 Å². The highest BCUT2D eigenvalue weighted by atomic mass is 32.2. The third kappa shape index (κ3) is 9.95. The molecule has 0 saturated carbocycles. The summed E-state index contributed by atoms with van der Waals surface area (Å²) in [4.78, 5) is 0. The van der Waals surface area contributed by atoms with Gasteiger partial charge in [-0.2, -0.15) is 0 Å². The molecule has 0 aromatic rings. The van der Waals surface area contributed by atoms with E-state index in [2.05, 4.69) is 32.0 Å². The maximum absolute atomic E-state index is 9.15. The van der Waals surface area contributed by atoms with Crippen molar-refractivity contribution in [2.45, 2.75) is 20.8 Å². The summed E-state index contributed by atoms with van der Waals surface area (Å²) < 4.78 is 23.2. The van der Waals surface area contributed by atoms with E-state index >= 15 is 0 Å². The molecule has 13 heavy (non-hydrogen) atoms. The van der Waals surface area contributed by atoms with Gasteiger partial charge >= 0.3 is 0 Å². The summed E-state index contributed by atoms with van der Waals surface area (Å²) >= 11 is -2.32. The monoisotopic (exact) mass is 211 g/mol. The van der Waals surface area contributed by atoms with Gasteiger partial charge in [0, 0.05) is 0 Å². The Labute approximate surface area is 84.0 Å². The van der Waals surface area contributed by atoms with E-state index in [0.29, 0.717) is 0 Å². The van der Waals surface area contributed by atoms with Crippen LogP contribution in [0.5, 0.6) is 0 Å². The zero-order chi connectivity index (χ0) is 10.9. The molecule has 0 rings (SSSR count). The van der Waals surface area contributed by atoms with E-state index < -0.39 is 11.4 Å². The molecule has 0 amide bonds. The Morgan fingerprint density at radius 2 is 1.46 bits per heavy atom. The Morgan fingerprint density at radius 3 is 1.46 bits per heavy atom. The largest absolute Gasteiger partial charge is 0.750 e. The van der Waals surface area contributed by atoms with Crippen molar-refractivity contribution in [1.82, 2.24) is 0 Å². The molecular weight excluding hydrogens is 190 g/mol. The predicted molar refractivity (Wildman–Crippen MR) is 53.7 cm³/mol. The first-order valence-corrected chi connectivity index (χ1v) is 5.43. The highest BCUT2D eigenvalue weighted by Gasteiger charge is 2.10. The molecule has 0 saturated heterocycles. The van der Waals surface area contributed by atoms with E-state index in [0.717, 1.165) is 7.11 Å². The molecule has 0 fully saturated rings. The lowest BCUT2D eigenvalue weighted by molar-refractivity contribution is -0.904. The molecule has 0 aromatic carbocycles. The topological polar surface area (TPSA) is 49.4 Å². The predicted octanol–water partition coefficient (Wildman–Crippen LogP) is 0.920. The molecule has 0 aliphatic heterocycles. The van der Waals surface area contributed by atoms with Gasteiger partial charge in [-0.15, -0.1) is 0 Å². The van der Waals surface area contributed by atoms with Crippen molar-refractivity contribution in [1.29, 1.82) is 0 Å². The summed E-state index contributed by atoms with van der Waals surface area (Å²) in [5, 5.41) is 0. The fourth-order valence-electron chi connectivity index (χ4n) is 0.671. The summed E-state index contributed by atoms with van der Waals surface area (Å²) in [6.07, 6.45) is 0. The molecule has 5 heteroatoms. The Morgan fingerprint density at radius 1 is 1.23 bits per heavy atom. The minimum atomic E-state index is -2.32. The molecular formula is C8H21NO3S. The molecule has 0 aromatic heterocycles. The van der Waals surface area contributed by atoms with Crippen LogP contribution in [0.15, 0.2) is 0 Å². The SMILES string of the molecule is CC[N+](C)(CC)CC.COS(=O)[O-]. The molecule has 0 aliphatic carbocycles. The van der Waals surface area contributed by atoms with Crippen LogP contribution < -0.4 is 0 Å². The Balaban J connectivity index is 0. The average Bonchev–Trinajstić information content (AvgIpc) is 2.17. The van der Waals surface area contributed by atoms with Crippen LogP contribution in [0.4, 0.5) is 0 Å². The molecule has 1 unspecified atom stereocenters. The normalized spacial score (nSPS) is 13.1. The van der Waals surface area contributed by atoms with Gasteiger partial charge < -0.3 is 13.2 Å². The van der Waals surface area contributed by atoms with Crippen LogP contribution in [0.25, 0.3) is 0 Å². The van der Waals surface area contributed by atoms with Crippen molar-refractivity contribution in [3.63, 3.8) is 0 Å². The number of rotatable bonds is 4. The van der Waals surface area contributed by atoms with Crippen LogP contribution in [0.3, 0.4) is 0 Å². The number of nitrogens with zero attached hydrogens (tertiary/aromatic N) is 1. The maximum atomic E-state index is 9.15. The van der Waals surface area contributed by atoms with Gasteiger partial charge in [0.1, 0.15) is 0 Å². The van der Waals surface area contributed by atoms with Crippen molar-refractivity contribution in [2.24, 2.45) is 0 Å². The second-order valence-electron chi connectivity index (χ2n) is 2.94. The molecule has 0 spiro atoms. The zero-order valence-corrected chi connectivity index (χ0v) is 10.0. The van der Waals surface area contributed by atoms with Crippen LogP contribution in [0.1, 0.15) is 20.8 Å². The molecule has 0 radical (unpaired) electrons. The summed E-state index contributed by atoms with van der Waals surface area (Å²) in [6.45, 7) is 10.5. The number of hydrogen-bond acceptors (Lipinski definition) is 3. The molecule has 0 heterocycles. The van der Waals surface area contributed by atoms with Crippen LogP contribution in [-0.2, 0) is 15.5 Å². The first-order valence-electron chi connectivity index (χ1n) is 4.43. The van der Waals surface area contributed by atoms with Gasteiger partial charge in [0.2, 0.25) is 0 Å². The van der Waals surface area contributed by atoms with Crippen LogP contribution in [0, 0.1) is 0 Å². The van der Waals surface area contributed by atoms with E-state index in [1.807, 2.05) is 0 Å². The standard InChI is InChI=1S/C7H18N.CH4O3S/c1-5-8(4,6-2)7-3;1-4-5(2)3/h5-7H2,1-4H3;1H3,(H,2,3)/q+1;/p-1. The third-order valence-electron chi connectivity index (χ3n) is 2.43. The molecule has 4 nitrogen and oxygen atoms in total. The van der Waals surface area contributed by atoms with Gasteiger partial charge in [0.05, 0.1) is 45.2 Å². The molecule has 82 valence electrons. The Hall–Kier alpha value is 0.0300. The quantitative estimate of drug-likeness (QED) is 0.513. The first kappa shape index (κ1) is 15.5. The smallest absolute Gasteiger partial charge is 0.0839 e. The van der Waals surface area contributed by atoms with Crippen LogP contribution in [-0.4, -0.2) is 47.0 Å². The summed E-state index contributed by atoms with van der Waals surface area (Å²) in [6, 6.07) is 0. The highest BCUT2D eigenvalue weighted by molar-refractivity contribution is 7.74. The average molecular weight is 211 g/mol. The lowest BCUT2D eigenvalue weighted by Gasteiger charge is -2.30. The third-order valence-corrected chi connectivity index (χ3v) is 2.70. The minimum Gasteiger partial charge on any atom is -0.750 e. The second kappa shape index (κ2) is 8.62. The zero-order valence-electron chi connectivity index (χ0n) is 9.20. The van der Waals surface area contributed by atoms with E-state index in [4.69, 9.17) is 8.76 Å². The Bertz CT molecular complexity index is 129. The Kier molecular flexibility index (Phi) is 10.3. The van der Waals surface area contributed by atoms with E-state index in [1.165, 1.54) is 24.1 Å². The van der Waals surface area contributed by atoms with Crippen LogP contribution in [0.2, 0.25) is 0 Å².